The molecular weight excluding hydrogens is 272 g/mol. The second kappa shape index (κ2) is 6.85. The lowest BCUT2D eigenvalue weighted by atomic mass is 10.2. The number of rotatable bonds is 7. The third-order valence-electron chi connectivity index (χ3n) is 3.36. The minimum atomic E-state index is 0.777. The van der Waals surface area contributed by atoms with Crippen LogP contribution in [-0.4, -0.2) is 23.2 Å². The highest BCUT2D eigenvalue weighted by atomic mass is 32.1. The molecule has 0 saturated heterocycles. The lowest BCUT2D eigenvalue weighted by molar-refractivity contribution is 0.392. The number of aromatic nitrogens is 2. The van der Waals surface area contributed by atoms with E-state index in [2.05, 4.69) is 34.2 Å². The van der Waals surface area contributed by atoms with E-state index >= 15 is 0 Å². The Balaban J connectivity index is 1.89. The first-order valence-electron chi connectivity index (χ1n) is 6.97. The van der Waals surface area contributed by atoms with Gasteiger partial charge in [0.25, 0.3) is 0 Å². The molecule has 0 aliphatic rings. The van der Waals surface area contributed by atoms with E-state index in [1.165, 1.54) is 4.88 Å². The molecule has 0 saturated carbocycles. The molecule has 0 spiro atoms. The normalized spacial score (nSPS) is 11.0. The molecule has 0 radical (unpaired) electrons. The molecule has 1 N–H and O–H groups in total. The molecule has 0 aromatic carbocycles. The van der Waals surface area contributed by atoms with Gasteiger partial charge in [-0.25, -0.2) is 4.98 Å². The Morgan fingerprint density at radius 3 is 2.60 bits per heavy atom. The Morgan fingerprint density at radius 1 is 1.25 bits per heavy atom. The minimum Gasteiger partial charge on any atom is -0.361 e. The van der Waals surface area contributed by atoms with Crippen LogP contribution in [0.2, 0.25) is 0 Å². The summed E-state index contributed by atoms with van der Waals surface area (Å²) in [5, 5.41) is 8.49. The van der Waals surface area contributed by atoms with Gasteiger partial charge in [-0.3, -0.25) is 0 Å². The van der Waals surface area contributed by atoms with Crippen LogP contribution in [-0.2, 0) is 13.1 Å². The number of hydrogen-bond acceptors (Lipinski definition) is 6. The Hall–Kier alpha value is -1.40. The van der Waals surface area contributed by atoms with E-state index in [0.29, 0.717) is 0 Å². The number of anilines is 1. The number of aryl methyl sites for hydroxylation is 2. The summed E-state index contributed by atoms with van der Waals surface area (Å²) in [6, 6.07) is 0. The molecule has 0 aliphatic carbocycles. The molecular formula is C14H22N4OS. The van der Waals surface area contributed by atoms with Crippen LogP contribution in [0.25, 0.3) is 0 Å². The molecule has 0 unspecified atom stereocenters. The van der Waals surface area contributed by atoms with Gasteiger partial charge in [-0.15, -0.1) is 11.3 Å². The van der Waals surface area contributed by atoms with Gasteiger partial charge in [0.05, 0.1) is 5.69 Å². The highest BCUT2D eigenvalue weighted by Gasteiger charge is 2.10. The summed E-state index contributed by atoms with van der Waals surface area (Å²) in [4.78, 5) is 8.00. The van der Waals surface area contributed by atoms with Crippen LogP contribution >= 0.6 is 11.3 Å². The van der Waals surface area contributed by atoms with Crippen molar-refractivity contribution in [2.45, 2.75) is 40.8 Å². The smallest absolute Gasteiger partial charge is 0.185 e. The van der Waals surface area contributed by atoms with Gasteiger partial charge in [-0.05, 0) is 27.7 Å². The Kier molecular flexibility index (Phi) is 5.14. The monoisotopic (exact) mass is 294 g/mol. The van der Waals surface area contributed by atoms with Crippen LogP contribution in [0, 0.1) is 13.8 Å². The van der Waals surface area contributed by atoms with Crippen molar-refractivity contribution in [3.05, 3.63) is 28.1 Å². The molecule has 0 amide bonds. The molecule has 5 nitrogen and oxygen atoms in total. The van der Waals surface area contributed by atoms with Crippen LogP contribution in [0.15, 0.2) is 10.7 Å². The summed E-state index contributed by atoms with van der Waals surface area (Å²) in [7, 11) is 0. The van der Waals surface area contributed by atoms with Crippen molar-refractivity contribution < 1.29 is 4.52 Å². The zero-order valence-electron chi connectivity index (χ0n) is 12.6. The van der Waals surface area contributed by atoms with Crippen molar-refractivity contribution in [2.75, 3.05) is 18.0 Å². The fourth-order valence-corrected chi connectivity index (χ4v) is 3.09. The second-order valence-corrected chi connectivity index (χ2v) is 5.78. The van der Waals surface area contributed by atoms with Gasteiger partial charge in [-0.1, -0.05) is 5.16 Å². The summed E-state index contributed by atoms with van der Waals surface area (Å²) < 4.78 is 5.16. The average Bonchev–Trinajstić information content (AvgIpc) is 3.02. The number of nitrogens with one attached hydrogen (secondary N) is 1. The van der Waals surface area contributed by atoms with Crippen molar-refractivity contribution in [3.63, 3.8) is 0 Å². The molecule has 0 atom stereocenters. The van der Waals surface area contributed by atoms with Crippen LogP contribution < -0.4 is 10.2 Å². The Bertz CT molecular complexity index is 526. The lowest BCUT2D eigenvalue weighted by Gasteiger charge is -2.16. The van der Waals surface area contributed by atoms with E-state index in [4.69, 9.17) is 4.52 Å². The maximum atomic E-state index is 5.16. The largest absolute Gasteiger partial charge is 0.361 e. The molecule has 2 heterocycles. The van der Waals surface area contributed by atoms with Crippen molar-refractivity contribution >= 4 is 16.5 Å². The van der Waals surface area contributed by atoms with Crippen LogP contribution in [0.3, 0.4) is 0 Å². The number of hydrogen-bond donors (Lipinski definition) is 1. The molecule has 0 aliphatic heterocycles. The van der Waals surface area contributed by atoms with Gasteiger partial charge < -0.3 is 14.7 Å². The van der Waals surface area contributed by atoms with Gasteiger partial charge in [0.2, 0.25) is 0 Å². The van der Waals surface area contributed by atoms with Crippen LogP contribution in [0.4, 0.5) is 5.13 Å². The molecule has 6 heteroatoms. The Morgan fingerprint density at radius 2 is 2.00 bits per heavy atom. The summed E-state index contributed by atoms with van der Waals surface area (Å²) in [6.45, 7) is 11.8. The van der Waals surface area contributed by atoms with Crippen molar-refractivity contribution in [2.24, 2.45) is 0 Å². The zero-order chi connectivity index (χ0) is 14.5. The Labute approximate surface area is 124 Å². The molecule has 0 fully saturated rings. The first-order valence-corrected chi connectivity index (χ1v) is 7.79. The van der Waals surface area contributed by atoms with Crippen molar-refractivity contribution in [3.8, 4) is 0 Å². The number of thiazole rings is 1. The van der Waals surface area contributed by atoms with E-state index in [0.717, 1.165) is 48.3 Å². The molecule has 20 heavy (non-hydrogen) atoms. The van der Waals surface area contributed by atoms with Crippen LogP contribution in [0.1, 0.15) is 35.7 Å². The highest BCUT2D eigenvalue weighted by molar-refractivity contribution is 7.15. The van der Waals surface area contributed by atoms with E-state index in [-0.39, 0.29) is 0 Å². The highest BCUT2D eigenvalue weighted by Crippen LogP contribution is 2.22. The topological polar surface area (TPSA) is 54.2 Å². The zero-order valence-corrected chi connectivity index (χ0v) is 13.4. The quantitative estimate of drug-likeness (QED) is 0.851. The average molecular weight is 294 g/mol. The fraction of sp³-hybridized carbons (Fsp3) is 0.571. The number of nitrogens with zero attached hydrogens (tertiary/aromatic N) is 3. The first kappa shape index (κ1) is 15.0. The molecule has 2 aromatic rings. The standard InChI is InChI=1S/C14H22N4OS/c1-5-18(6-2)14-16-8-12(20-14)7-15-9-13-10(3)17-19-11(13)4/h8,15H,5-7,9H2,1-4H3. The lowest BCUT2D eigenvalue weighted by Crippen LogP contribution is -2.21. The fourth-order valence-electron chi connectivity index (χ4n) is 2.08. The summed E-state index contributed by atoms with van der Waals surface area (Å²) in [5.74, 6) is 0.892. The predicted molar refractivity (Wildman–Crippen MR) is 82.2 cm³/mol. The first-order chi connectivity index (χ1) is 9.65. The molecule has 0 bridgehead atoms. The maximum Gasteiger partial charge on any atom is 0.185 e. The van der Waals surface area contributed by atoms with Gasteiger partial charge in [0.1, 0.15) is 5.76 Å². The third-order valence-corrected chi connectivity index (χ3v) is 4.42. The minimum absolute atomic E-state index is 0.777. The van der Waals surface area contributed by atoms with Gasteiger partial charge in [-0.2, -0.15) is 0 Å². The van der Waals surface area contributed by atoms with Crippen LogP contribution in [0.5, 0.6) is 0 Å². The molecule has 110 valence electrons. The third kappa shape index (κ3) is 3.37. The molecule has 2 rings (SSSR count). The summed E-state index contributed by atoms with van der Waals surface area (Å²) in [6.07, 6.45) is 1.96. The van der Waals surface area contributed by atoms with E-state index in [1.54, 1.807) is 11.3 Å². The summed E-state index contributed by atoms with van der Waals surface area (Å²) >= 11 is 1.75. The second-order valence-electron chi connectivity index (χ2n) is 4.69. The predicted octanol–water partition coefficient (Wildman–Crippen LogP) is 2.88. The summed E-state index contributed by atoms with van der Waals surface area (Å²) in [5.41, 5.74) is 2.11. The van der Waals surface area contributed by atoms with E-state index in [1.807, 2.05) is 20.0 Å². The maximum absolute atomic E-state index is 5.16. The van der Waals surface area contributed by atoms with Crippen molar-refractivity contribution in [1.82, 2.24) is 15.5 Å². The van der Waals surface area contributed by atoms with Gasteiger partial charge in [0.15, 0.2) is 5.13 Å². The van der Waals surface area contributed by atoms with Gasteiger partial charge in [0, 0.05) is 42.8 Å². The van der Waals surface area contributed by atoms with E-state index < -0.39 is 0 Å². The van der Waals surface area contributed by atoms with Gasteiger partial charge >= 0.3 is 0 Å². The van der Waals surface area contributed by atoms with E-state index in [9.17, 15) is 0 Å². The molecule has 2 aromatic heterocycles. The SMILES string of the molecule is CCN(CC)c1ncc(CNCc2c(C)noc2C)s1. The van der Waals surface area contributed by atoms with Crippen molar-refractivity contribution in [1.29, 1.82) is 0 Å².